The molecule has 1 aliphatic heterocycles. The van der Waals surface area contributed by atoms with E-state index in [0.29, 0.717) is 17.3 Å². The third-order valence-electron chi connectivity index (χ3n) is 3.10. The highest BCUT2D eigenvalue weighted by molar-refractivity contribution is 9.11. The van der Waals surface area contributed by atoms with E-state index in [2.05, 4.69) is 15.9 Å². The Morgan fingerprint density at radius 3 is 2.15 bits per heavy atom. The Bertz CT molecular complexity index is 584. The van der Waals surface area contributed by atoms with Crippen LogP contribution >= 0.6 is 27.3 Å². The first-order valence-corrected chi connectivity index (χ1v) is 9.44. The Kier molecular flexibility index (Phi) is 4.15. The van der Waals surface area contributed by atoms with Crippen LogP contribution in [0.4, 0.5) is 0 Å². The summed E-state index contributed by atoms with van der Waals surface area (Å²) in [4.78, 5) is 0. The van der Waals surface area contributed by atoms with Gasteiger partial charge in [-0.2, -0.15) is 4.31 Å². The Morgan fingerprint density at radius 1 is 1.25 bits per heavy atom. The number of thiophene rings is 1. The summed E-state index contributed by atoms with van der Waals surface area (Å²) in [5.74, 6) is 0. The number of morpholine rings is 1. The van der Waals surface area contributed by atoms with Crippen molar-refractivity contribution in [1.82, 2.24) is 4.31 Å². The Labute approximate surface area is 133 Å². The molecule has 2 heterocycles. The molecule has 0 saturated carbocycles. The van der Waals surface area contributed by atoms with Crippen LogP contribution in [0.3, 0.4) is 0 Å². The van der Waals surface area contributed by atoms with Crippen molar-refractivity contribution >= 4 is 37.3 Å². The fourth-order valence-corrected chi connectivity index (χ4v) is 6.69. The SMILES string of the molecule is Cc1cc(S(=O)(=O)N2CC(C)(C)OC(C)(C)C2)sc1Br. The zero-order valence-corrected chi connectivity index (χ0v) is 15.6. The second-order valence-corrected chi connectivity index (χ2v) is 11.0. The number of hydrogen-bond donors (Lipinski definition) is 0. The maximum atomic E-state index is 12.8. The minimum Gasteiger partial charge on any atom is -0.367 e. The van der Waals surface area contributed by atoms with Gasteiger partial charge in [-0.25, -0.2) is 8.42 Å². The zero-order chi connectivity index (χ0) is 15.3. The number of hydrogen-bond acceptors (Lipinski definition) is 4. The predicted molar refractivity (Wildman–Crippen MR) is 84.8 cm³/mol. The van der Waals surface area contributed by atoms with Gasteiger partial charge in [-0.05, 0) is 62.2 Å². The molecule has 20 heavy (non-hydrogen) atoms. The summed E-state index contributed by atoms with van der Waals surface area (Å²) in [6.07, 6.45) is 0. The molecular weight excluding hydrogens is 362 g/mol. The quantitative estimate of drug-likeness (QED) is 0.788. The lowest BCUT2D eigenvalue weighted by molar-refractivity contribution is -0.163. The second kappa shape index (κ2) is 5.05. The van der Waals surface area contributed by atoms with Crippen LogP contribution < -0.4 is 0 Å². The van der Waals surface area contributed by atoms with Crippen LogP contribution in [0.2, 0.25) is 0 Å². The van der Waals surface area contributed by atoms with E-state index in [9.17, 15) is 8.42 Å². The lowest BCUT2D eigenvalue weighted by atomic mass is 10.0. The molecule has 1 fully saturated rings. The topological polar surface area (TPSA) is 46.6 Å². The fraction of sp³-hybridized carbons (Fsp3) is 0.692. The summed E-state index contributed by atoms with van der Waals surface area (Å²) >= 11 is 4.65. The molecule has 1 aromatic heterocycles. The number of ether oxygens (including phenoxy) is 1. The minimum atomic E-state index is -3.46. The standard InChI is InChI=1S/C13H20BrNO3S2/c1-9-6-10(19-11(9)14)20(16,17)15-7-12(2,3)18-13(4,5)8-15/h6H,7-8H2,1-5H3. The zero-order valence-electron chi connectivity index (χ0n) is 12.4. The Hall–Kier alpha value is 0.0500. The Morgan fingerprint density at radius 2 is 1.75 bits per heavy atom. The summed E-state index contributed by atoms with van der Waals surface area (Å²) in [5.41, 5.74) is -0.0307. The molecule has 0 amide bonds. The van der Waals surface area contributed by atoms with E-state index >= 15 is 0 Å². The Balaban J connectivity index is 2.39. The largest absolute Gasteiger partial charge is 0.367 e. The van der Waals surface area contributed by atoms with Crippen LogP contribution in [0.15, 0.2) is 14.1 Å². The van der Waals surface area contributed by atoms with Gasteiger partial charge in [-0.15, -0.1) is 11.3 Å². The van der Waals surface area contributed by atoms with E-state index in [1.807, 2.05) is 34.6 Å². The van der Waals surface area contributed by atoms with E-state index in [0.717, 1.165) is 9.35 Å². The van der Waals surface area contributed by atoms with Gasteiger partial charge < -0.3 is 4.74 Å². The highest BCUT2D eigenvalue weighted by Gasteiger charge is 2.43. The summed E-state index contributed by atoms with van der Waals surface area (Å²) in [5, 5.41) is 0. The van der Waals surface area contributed by atoms with Crippen molar-refractivity contribution in [2.24, 2.45) is 0 Å². The number of rotatable bonds is 2. The summed E-state index contributed by atoms with van der Waals surface area (Å²) in [7, 11) is -3.46. The third-order valence-corrected chi connectivity index (χ3v) is 7.47. The summed E-state index contributed by atoms with van der Waals surface area (Å²) in [6, 6.07) is 1.72. The van der Waals surface area contributed by atoms with E-state index in [-0.39, 0.29) is 0 Å². The first-order valence-electron chi connectivity index (χ1n) is 6.39. The molecular formula is C13H20BrNO3S2. The molecule has 0 radical (unpaired) electrons. The van der Waals surface area contributed by atoms with Gasteiger partial charge in [-0.1, -0.05) is 0 Å². The first-order chi connectivity index (χ1) is 8.93. The molecule has 0 N–H and O–H groups in total. The van der Waals surface area contributed by atoms with Gasteiger partial charge in [0.05, 0.1) is 15.0 Å². The van der Waals surface area contributed by atoms with Gasteiger partial charge in [0, 0.05) is 13.1 Å². The molecule has 2 rings (SSSR count). The fourth-order valence-electron chi connectivity index (χ4n) is 2.57. The first kappa shape index (κ1) is 16.4. The molecule has 4 nitrogen and oxygen atoms in total. The minimum absolute atomic E-state index is 0.368. The van der Waals surface area contributed by atoms with Crippen LogP contribution in [0.25, 0.3) is 0 Å². The van der Waals surface area contributed by atoms with Gasteiger partial charge in [0.2, 0.25) is 0 Å². The third kappa shape index (κ3) is 3.27. The summed E-state index contributed by atoms with van der Waals surface area (Å²) < 4.78 is 34.3. The molecule has 0 atom stereocenters. The normalized spacial score (nSPS) is 22.9. The molecule has 1 aliphatic rings. The van der Waals surface area contributed by atoms with Crippen molar-refractivity contribution in [3.63, 3.8) is 0 Å². The number of nitrogens with zero attached hydrogens (tertiary/aromatic N) is 1. The van der Waals surface area contributed by atoms with Crippen LogP contribution in [-0.4, -0.2) is 37.0 Å². The maximum Gasteiger partial charge on any atom is 0.252 e. The van der Waals surface area contributed by atoms with Crippen molar-refractivity contribution in [3.05, 3.63) is 15.4 Å². The van der Waals surface area contributed by atoms with Crippen molar-refractivity contribution in [2.45, 2.75) is 50.0 Å². The lowest BCUT2D eigenvalue weighted by Gasteiger charge is -2.46. The number of aryl methyl sites for hydroxylation is 1. The smallest absolute Gasteiger partial charge is 0.252 e. The number of sulfonamides is 1. The molecule has 0 spiro atoms. The van der Waals surface area contributed by atoms with Gasteiger partial charge in [0.1, 0.15) is 4.21 Å². The van der Waals surface area contributed by atoms with Gasteiger partial charge in [-0.3, -0.25) is 0 Å². The van der Waals surface area contributed by atoms with Crippen molar-refractivity contribution in [2.75, 3.05) is 13.1 Å². The molecule has 7 heteroatoms. The molecule has 114 valence electrons. The molecule has 1 saturated heterocycles. The average Bonchev–Trinajstić information content (AvgIpc) is 2.55. The molecule has 0 aromatic carbocycles. The second-order valence-electron chi connectivity index (χ2n) is 6.42. The van der Waals surface area contributed by atoms with Gasteiger partial charge in [0.25, 0.3) is 10.0 Å². The van der Waals surface area contributed by atoms with Crippen LogP contribution in [-0.2, 0) is 14.8 Å². The monoisotopic (exact) mass is 381 g/mol. The molecule has 0 unspecified atom stereocenters. The van der Waals surface area contributed by atoms with E-state index < -0.39 is 21.2 Å². The van der Waals surface area contributed by atoms with Crippen molar-refractivity contribution in [1.29, 1.82) is 0 Å². The molecule has 1 aromatic rings. The van der Waals surface area contributed by atoms with Crippen molar-refractivity contribution in [3.8, 4) is 0 Å². The maximum absolute atomic E-state index is 12.8. The highest BCUT2D eigenvalue weighted by Crippen LogP contribution is 2.36. The van der Waals surface area contributed by atoms with Crippen LogP contribution in [0, 0.1) is 6.92 Å². The van der Waals surface area contributed by atoms with Gasteiger partial charge in [0.15, 0.2) is 0 Å². The predicted octanol–water partition coefficient (Wildman–Crippen LogP) is 3.40. The van der Waals surface area contributed by atoms with Crippen molar-refractivity contribution < 1.29 is 13.2 Å². The molecule has 0 aliphatic carbocycles. The van der Waals surface area contributed by atoms with Gasteiger partial charge >= 0.3 is 0 Å². The van der Waals surface area contributed by atoms with E-state index in [4.69, 9.17) is 4.74 Å². The van der Waals surface area contributed by atoms with E-state index in [1.165, 1.54) is 15.6 Å². The summed E-state index contributed by atoms with van der Waals surface area (Å²) in [6.45, 7) is 10.3. The van der Waals surface area contributed by atoms with Crippen LogP contribution in [0.5, 0.6) is 0 Å². The van der Waals surface area contributed by atoms with E-state index in [1.54, 1.807) is 6.07 Å². The highest BCUT2D eigenvalue weighted by atomic mass is 79.9. The molecule has 0 bridgehead atoms. The average molecular weight is 382 g/mol. The number of halogens is 1. The lowest BCUT2D eigenvalue weighted by Crippen LogP contribution is -2.58. The van der Waals surface area contributed by atoms with Crippen LogP contribution in [0.1, 0.15) is 33.3 Å².